The summed E-state index contributed by atoms with van der Waals surface area (Å²) in [6, 6.07) is 5.52. The molecule has 24 heavy (non-hydrogen) atoms. The zero-order valence-corrected chi connectivity index (χ0v) is 13.6. The van der Waals surface area contributed by atoms with Crippen molar-refractivity contribution in [3.8, 4) is 28.6 Å². The van der Waals surface area contributed by atoms with Gasteiger partial charge in [0.05, 0.1) is 44.3 Å². The number of rotatable bonds is 3. The zero-order chi connectivity index (χ0) is 16.8. The van der Waals surface area contributed by atoms with E-state index in [0.29, 0.717) is 29.1 Å². The van der Waals surface area contributed by atoms with Crippen LogP contribution in [0.3, 0.4) is 0 Å². The lowest BCUT2D eigenvalue weighted by Gasteiger charge is -2.11. The maximum atomic E-state index is 12.5. The Labute approximate surface area is 138 Å². The molecule has 3 aromatic rings. The van der Waals surface area contributed by atoms with Crippen LogP contribution in [0.15, 0.2) is 29.2 Å². The van der Waals surface area contributed by atoms with Crippen molar-refractivity contribution in [1.82, 2.24) is 9.97 Å². The van der Waals surface area contributed by atoms with E-state index in [1.54, 1.807) is 33.6 Å². The van der Waals surface area contributed by atoms with Crippen LogP contribution in [0.1, 0.15) is 11.1 Å². The van der Waals surface area contributed by atoms with E-state index in [-0.39, 0.29) is 5.56 Å². The van der Waals surface area contributed by atoms with Gasteiger partial charge < -0.3 is 19.2 Å². The Hall–Kier alpha value is -3.02. The Kier molecular flexibility index (Phi) is 3.19. The third kappa shape index (κ3) is 1.96. The molecule has 0 atom stereocenters. The van der Waals surface area contributed by atoms with E-state index in [1.807, 2.05) is 12.1 Å². The van der Waals surface area contributed by atoms with Gasteiger partial charge in [-0.3, -0.25) is 9.78 Å². The molecule has 0 fully saturated rings. The number of hydrogen-bond acceptors (Lipinski definition) is 5. The van der Waals surface area contributed by atoms with E-state index in [2.05, 4.69) is 9.97 Å². The predicted molar refractivity (Wildman–Crippen MR) is 90.3 cm³/mol. The summed E-state index contributed by atoms with van der Waals surface area (Å²) in [5.41, 5.74) is 3.44. The summed E-state index contributed by atoms with van der Waals surface area (Å²) in [6.07, 6.45) is 2.34. The molecule has 1 aromatic carbocycles. The van der Waals surface area contributed by atoms with Crippen LogP contribution in [-0.2, 0) is 6.42 Å². The number of H-pyrrole nitrogens is 1. The van der Waals surface area contributed by atoms with E-state index in [0.717, 1.165) is 27.9 Å². The van der Waals surface area contributed by atoms with E-state index in [1.165, 1.54) is 0 Å². The maximum absolute atomic E-state index is 12.5. The summed E-state index contributed by atoms with van der Waals surface area (Å²) in [6.45, 7) is 0. The van der Waals surface area contributed by atoms with Gasteiger partial charge in [-0.2, -0.15) is 0 Å². The van der Waals surface area contributed by atoms with E-state index in [4.69, 9.17) is 14.2 Å². The summed E-state index contributed by atoms with van der Waals surface area (Å²) < 4.78 is 15.9. The minimum Gasteiger partial charge on any atom is -0.495 e. The topological polar surface area (TPSA) is 73.4 Å². The van der Waals surface area contributed by atoms with E-state index >= 15 is 0 Å². The van der Waals surface area contributed by atoms with Crippen LogP contribution < -0.4 is 19.8 Å². The van der Waals surface area contributed by atoms with Gasteiger partial charge in [0, 0.05) is 6.42 Å². The molecule has 0 saturated carbocycles. The first-order valence-electron chi connectivity index (χ1n) is 7.50. The second-order valence-electron chi connectivity index (χ2n) is 5.62. The predicted octanol–water partition coefficient (Wildman–Crippen LogP) is 2.52. The van der Waals surface area contributed by atoms with Crippen LogP contribution in [0.25, 0.3) is 22.2 Å². The van der Waals surface area contributed by atoms with Gasteiger partial charge in [-0.25, -0.2) is 0 Å². The number of benzene rings is 1. The molecule has 122 valence electrons. The first kappa shape index (κ1) is 14.6. The number of nitrogens with one attached hydrogen (secondary N) is 1. The van der Waals surface area contributed by atoms with Gasteiger partial charge in [-0.1, -0.05) is 0 Å². The van der Waals surface area contributed by atoms with Crippen LogP contribution in [0, 0.1) is 0 Å². The highest BCUT2D eigenvalue weighted by molar-refractivity contribution is 5.94. The Balaban J connectivity index is 2.02. The number of fused-ring (bicyclic) bond motifs is 5. The van der Waals surface area contributed by atoms with Crippen LogP contribution in [0.5, 0.6) is 17.2 Å². The van der Waals surface area contributed by atoms with Gasteiger partial charge in [0.25, 0.3) is 5.56 Å². The third-order valence-corrected chi connectivity index (χ3v) is 4.42. The first-order chi connectivity index (χ1) is 11.7. The van der Waals surface area contributed by atoms with Crippen molar-refractivity contribution in [2.45, 2.75) is 6.42 Å². The molecule has 6 nitrogen and oxygen atoms in total. The molecule has 0 radical (unpaired) electrons. The molecule has 0 aliphatic heterocycles. The van der Waals surface area contributed by atoms with Crippen LogP contribution in [0.4, 0.5) is 0 Å². The SMILES string of the molecule is COc1cnc2c(c1)Cc1c-2[nH]c(=O)c2cc(OC)c(OC)cc12. The molecular weight excluding hydrogens is 308 g/mol. The molecule has 0 saturated heterocycles. The van der Waals surface area contributed by atoms with Crippen LogP contribution in [-0.4, -0.2) is 31.3 Å². The van der Waals surface area contributed by atoms with Gasteiger partial charge in [-0.15, -0.1) is 0 Å². The number of pyridine rings is 2. The summed E-state index contributed by atoms with van der Waals surface area (Å²) in [7, 11) is 4.75. The fourth-order valence-corrected chi connectivity index (χ4v) is 3.24. The van der Waals surface area contributed by atoms with Crippen LogP contribution in [0.2, 0.25) is 0 Å². The second-order valence-corrected chi connectivity index (χ2v) is 5.62. The molecule has 2 heterocycles. The Morgan fingerprint density at radius 2 is 1.71 bits per heavy atom. The standard InChI is InChI=1S/C18H16N2O4/c1-22-10-4-9-5-12-11-6-14(23-2)15(24-3)7-13(11)18(21)20-17(12)16(9)19-8-10/h4,6-8H,5H2,1-3H3,(H,20,21). The molecule has 0 amide bonds. The van der Waals surface area contributed by atoms with Gasteiger partial charge >= 0.3 is 0 Å². The zero-order valence-electron chi connectivity index (χ0n) is 13.6. The summed E-state index contributed by atoms with van der Waals surface area (Å²) in [5.74, 6) is 1.83. The average molecular weight is 324 g/mol. The largest absolute Gasteiger partial charge is 0.495 e. The van der Waals surface area contributed by atoms with Crippen molar-refractivity contribution in [2.24, 2.45) is 0 Å². The lowest BCUT2D eigenvalue weighted by Crippen LogP contribution is -2.09. The monoisotopic (exact) mass is 324 g/mol. The number of methoxy groups -OCH3 is 3. The lowest BCUT2D eigenvalue weighted by atomic mass is 10.0. The molecular formula is C18H16N2O4. The fourth-order valence-electron chi connectivity index (χ4n) is 3.24. The van der Waals surface area contributed by atoms with Gasteiger partial charge in [0.1, 0.15) is 5.75 Å². The normalized spacial score (nSPS) is 12.0. The van der Waals surface area contributed by atoms with Crippen LogP contribution >= 0.6 is 0 Å². The summed E-state index contributed by atoms with van der Waals surface area (Å²) in [4.78, 5) is 19.9. The highest BCUT2D eigenvalue weighted by Gasteiger charge is 2.25. The van der Waals surface area contributed by atoms with E-state index < -0.39 is 0 Å². The van der Waals surface area contributed by atoms with Crippen molar-refractivity contribution < 1.29 is 14.2 Å². The molecule has 0 spiro atoms. The molecule has 0 unspecified atom stereocenters. The number of ether oxygens (including phenoxy) is 3. The molecule has 6 heteroatoms. The maximum Gasteiger partial charge on any atom is 0.256 e. The van der Waals surface area contributed by atoms with Crippen molar-refractivity contribution in [1.29, 1.82) is 0 Å². The lowest BCUT2D eigenvalue weighted by molar-refractivity contribution is 0.356. The third-order valence-electron chi connectivity index (χ3n) is 4.42. The Morgan fingerprint density at radius 3 is 2.38 bits per heavy atom. The summed E-state index contributed by atoms with van der Waals surface area (Å²) in [5, 5.41) is 1.43. The fraction of sp³-hybridized carbons (Fsp3) is 0.222. The molecule has 1 aliphatic carbocycles. The molecule has 2 aromatic heterocycles. The quantitative estimate of drug-likeness (QED) is 0.627. The number of hydrogen-bond donors (Lipinski definition) is 1. The molecule has 1 aliphatic rings. The highest BCUT2D eigenvalue weighted by Crippen LogP contribution is 2.40. The van der Waals surface area contributed by atoms with Crippen molar-refractivity contribution in [2.75, 3.05) is 21.3 Å². The highest BCUT2D eigenvalue weighted by atomic mass is 16.5. The minimum absolute atomic E-state index is 0.171. The number of aromatic nitrogens is 2. The van der Waals surface area contributed by atoms with Crippen molar-refractivity contribution in [3.05, 3.63) is 45.9 Å². The second kappa shape index (κ2) is 5.26. The Bertz CT molecular complexity index is 1020. The van der Waals surface area contributed by atoms with Gasteiger partial charge in [-0.05, 0) is 34.7 Å². The number of aromatic amines is 1. The van der Waals surface area contributed by atoms with Gasteiger partial charge in [0.15, 0.2) is 11.5 Å². The number of nitrogens with zero attached hydrogens (tertiary/aromatic N) is 1. The molecule has 1 N–H and O–H groups in total. The first-order valence-corrected chi connectivity index (χ1v) is 7.50. The Morgan fingerprint density at radius 1 is 1.00 bits per heavy atom. The van der Waals surface area contributed by atoms with Crippen molar-refractivity contribution >= 4 is 10.8 Å². The smallest absolute Gasteiger partial charge is 0.256 e. The summed E-state index contributed by atoms with van der Waals surface area (Å²) >= 11 is 0. The van der Waals surface area contributed by atoms with Gasteiger partial charge in [0.2, 0.25) is 0 Å². The average Bonchev–Trinajstić information content (AvgIpc) is 2.98. The van der Waals surface area contributed by atoms with Crippen molar-refractivity contribution in [3.63, 3.8) is 0 Å². The minimum atomic E-state index is -0.171. The molecule has 0 bridgehead atoms. The molecule has 4 rings (SSSR count). The van der Waals surface area contributed by atoms with E-state index in [9.17, 15) is 4.79 Å².